The summed E-state index contributed by atoms with van der Waals surface area (Å²) in [4.78, 5) is 22.2. The minimum Gasteiger partial charge on any atom is -0.466 e. The molecule has 4 rings (SSSR count). The predicted octanol–water partition coefficient (Wildman–Crippen LogP) is 5.61. The molecule has 0 aliphatic heterocycles. The number of nitrogens with zero attached hydrogens (tertiary/aromatic N) is 2. The zero-order chi connectivity index (χ0) is 19.1. The SMILES string of the molecule is Cc1ccc(-c2nc(C)c(C(=O)Nc3nc(-c4cc(C)oc4C)cs3)s2)o1. The lowest BCUT2D eigenvalue weighted by Crippen LogP contribution is -2.11. The number of carbonyl (C=O) groups is 1. The van der Waals surface area contributed by atoms with Crippen LogP contribution in [0.3, 0.4) is 0 Å². The van der Waals surface area contributed by atoms with Crippen molar-refractivity contribution in [3.05, 3.63) is 51.4 Å². The summed E-state index contributed by atoms with van der Waals surface area (Å²) in [5.74, 6) is 2.90. The standard InChI is InChI=1S/C19H17N3O3S2/c1-9-5-6-15(25-9)18-20-11(3)16(27-18)17(23)22-19-21-14(8-26-19)13-7-10(2)24-12(13)4/h5-8H,1-4H3,(H,21,22,23). The molecule has 1 amide bonds. The van der Waals surface area contributed by atoms with Gasteiger partial charge in [-0.15, -0.1) is 22.7 Å². The lowest BCUT2D eigenvalue weighted by Gasteiger charge is -1.99. The predicted molar refractivity (Wildman–Crippen MR) is 107 cm³/mol. The van der Waals surface area contributed by atoms with Crippen molar-refractivity contribution in [2.45, 2.75) is 27.7 Å². The van der Waals surface area contributed by atoms with Gasteiger partial charge in [0.15, 0.2) is 15.9 Å². The van der Waals surface area contributed by atoms with Gasteiger partial charge >= 0.3 is 0 Å². The number of carbonyl (C=O) groups excluding carboxylic acids is 1. The van der Waals surface area contributed by atoms with E-state index in [4.69, 9.17) is 8.83 Å². The molecule has 0 atom stereocenters. The molecule has 27 heavy (non-hydrogen) atoms. The smallest absolute Gasteiger partial charge is 0.269 e. The highest BCUT2D eigenvalue weighted by Gasteiger charge is 2.19. The zero-order valence-corrected chi connectivity index (χ0v) is 16.9. The van der Waals surface area contributed by atoms with Crippen LogP contribution in [0.25, 0.3) is 22.0 Å². The second kappa shape index (κ2) is 6.79. The maximum Gasteiger partial charge on any atom is 0.269 e. The number of aromatic nitrogens is 2. The van der Waals surface area contributed by atoms with Crippen LogP contribution in [-0.4, -0.2) is 15.9 Å². The molecule has 6 nitrogen and oxygen atoms in total. The molecule has 0 aromatic carbocycles. The number of amides is 1. The molecule has 0 saturated carbocycles. The first-order chi connectivity index (χ1) is 12.9. The number of anilines is 1. The number of aryl methyl sites for hydroxylation is 4. The fraction of sp³-hybridized carbons (Fsp3) is 0.211. The summed E-state index contributed by atoms with van der Waals surface area (Å²) in [6.07, 6.45) is 0. The van der Waals surface area contributed by atoms with Gasteiger partial charge in [-0.2, -0.15) is 0 Å². The van der Waals surface area contributed by atoms with Gasteiger partial charge in [0.2, 0.25) is 0 Å². The number of hydrogen-bond acceptors (Lipinski definition) is 7. The topological polar surface area (TPSA) is 81.2 Å². The van der Waals surface area contributed by atoms with Gasteiger partial charge in [-0.1, -0.05) is 0 Å². The number of thiazole rings is 2. The van der Waals surface area contributed by atoms with Crippen LogP contribution in [0.1, 0.15) is 32.6 Å². The largest absolute Gasteiger partial charge is 0.466 e. The van der Waals surface area contributed by atoms with Gasteiger partial charge in [-0.3, -0.25) is 10.1 Å². The van der Waals surface area contributed by atoms with Crippen LogP contribution in [0.5, 0.6) is 0 Å². The first-order valence-electron chi connectivity index (χ1n) is 8.29. The Bertz CT molecular complexity index is 1130. The molecular formula is C19H17N3O3S2. The van der Waals surface area contributed by atoms with Crippen LogP contribution >= 0.6 is 22.7 Å². The fourth-order valence-electron chi connectivity index (χ4n) is 2.76. The molecule has 4 aromatic heterocycles. The summed E-state index contributed by atoms with van der Waals surface area (Å²) in [7, 11) is 0. The van der Waals surface area contributed by atoms with E-state index >= 15 is 0 Å². The number of rotatable bonds is 4. The maximum absolute atomic E-state index is 12.7. The zero-order valence-electron chi connectivity index (χ0n) is 15.2. The van der Waals surface area contributed by atoms with Crippen LogP contribution in [0.2, 0.25) is 0 Å². The van der Waals surface area contributed by atoms with E-state index in [1.54, 1.807) is 0 Å². The van der Waals surface area contributed by atoms with Crippen molar-refractivity contribution in [1.29, 1.82) is 0 Å². The Hall–Kier alpha value is -2.71. The lowest BCUT2D eigenvalue weighted by atomic mass is 10.2. The molecule has 0 fully saturated rings. The Morgan fingerprint density at radius 2 is 1.89 bits per heavy atom. The summed E-state index contributed by atoms with van der Waals surface area (Å²) in [5.41, 5.74) is 2.39. The Labute approximate surface area is 163 Å². The van der Waals surface area contributed by atoms with Gasteiger partial charge in [0.1, 0.15) is 22.2 Å². The molecule has 1 N–H and O–H groups in total. The van der Waals surface area contributed by atoms with E-state index in [-0.39, 0.29) is 5.91 Å². The quantitative estimate of drug-likeness (QED) is 0.483. The minimum atomic E-state index is -0.222. The highest BCUT2D eigenvalue weighted by Crippen LogP contribution is 2.32. The molecule has 8 heteroatoms. The van der Waals surface area contributed by atoms with Crippen molar-refractivity contribution in [3.8, 4) is 22.0 Å². The van der Waals surface area contributed by atoms with Crippen LogP contribution < -0.4 is 5.32 Å². The second-order valence-corrected chi connectivity index (χ2v) is 8.02. The summed E-state index contributed by atoms with van der Waals surface area (Å²) < 4.78 is 11.2. The Morgan fingerprint density at radius 3 is 2.56 bits per heavy atom. The summed E-state index contributed by atoms with van der Waals surface area (Å²) in [6.45, 7) is 7.49. The van der Waals surface area contributed by atoms with E-state index in [0.29, 0.717) is 26.5 Å². The van der Waals surface area contributed by atoms with Gasteiger partial charge < -0.3 is 8.83 Å². The third-order valence-corrected chi connectivity index (χ3v) is 5.92. The number of hydrogen-bond donors (Lipinski definition) is 1. The first-order valence-corrected chi connectivity index (χ1v) is 9.99. The molecule has 0 unspecified atom stereocenters. The molecule has 0 bridgehead atoms. The number of furan rings is 2. The second-order valence-electron chi connectivity index (χ2n) is 6.16. The summed E-state index contributed by atoms with van der Waals surface area (Å²) in [6, 6.07) is 5.68. The van der Waals surface area contributed by atoms with Crippen molar-refractivity contribution in [1.82, 2.24) is 9.97 Å². The molecule has 4 aromatic rings. The molecule has 0 radical (unpaired) electrons. The van der Waals surface area contributed by atoms with Crippen molar-refractivity contribution in [3.63, 3.8) is 0 Å². The van der Waals surface area contributed by atoms with Crippen LogP contribution in [-0.2, 0) is 0 Å². The van der Waals surface area contributed by atoms with E-state index < -0.39 is 0 Å². The average Bonchev–Trinajstić information content (AvgIpc) is 3.36. The molecule has 0 saturated heterocycles. The van der Waals surface area contributed by atoms with Crippen LogP contribution in [0.15, 0.2) is 32.4 Å². The molecule has 0 spiro atoms. The van der Waals surface area contributed by atoms with Crippen molar-refractivity contribution in [2.75, 3.05) is 5.32 Å². The first kappa shape index (κ1) is 17.7. The number of nitrogens with one attached hydrogen (secondary N) is 1. The van der Waals surface area contributed by atoms with Gasteiger partial charge in [0, 0.05) is 10.9 Å². The van der Waals surface area contributed by atoms with E-state index in [1.165, 1.54) is 22.7 Å². The molecular weight excluding hydrogens is 382 g/mol. The highest BCUT2D eigenvalue weighted by molar-refractivity contribution is 7.17. The molecule has 0 aliphatic carbocycles. The highest BCUT2D eigenvalue weighted by atomic mass is 32.1. The van der Waals surface area contributed by atoms with Crippen molar-refractivity contribution in [2.24, 2.45) is 0 Å². The normalized spacial score (nSPS) is 11.1. The third-order valence-electron chi connectivity index (χ3n) is 4.00. The van der Waals surface area contributed by atoms with Crippen molar-refractivity contribution >= 4 is 33.7 Å². The monoisotopic (exact) mass is 399 g/mol. The van der Waals surface area contributed by atoms with Gasteiger partial charge in [-0.25, -0.2) is 9.97 Å². The van der Waals surface area contributed by atoms with Gasteiger partial charge in [0.05, 0.1) is 11.4 Å². The maximum atomic E-state index is 12.7. The minimum absolute atomic E-state index is 0.222. The van der Waals surface area contributed by atoms with Crippen LogP contribution in [0, 0.1) is 27.7 Å². The molecule has 138 valence electrons. The summed E-state index contributed by atoms with van der Waals surface area (Å²) in [5, 5.41) is 6.00. The van der Waals surface area contributed by atoms with E-state index in [1.807, 2.05) is 51.3 Å². The summed E-state index contributed by atoms with van der Waals surface area (Å²) >= 11 is 2.69. The Kier molecular flexibility index (Phi) is 4.45. The molecule has 0 aliphatic rings. The fourth-order valence-corrected chi connectivity index (χ4v) is 4.38. The van der Waals surface area contributed by atoms with Gasteiger partial charge in [-0.05, 0) is 45.9 Å². The van der Waals surface area contributed by atoms with E-state index in [2.05, 4.69) is 15.3 Å². The Balaban J connectivity index is 1.55. The van der Waals surface area contributed by atoms with Gasteiger partial charge in [0.25, 0.3) is 5.91 Å². The lowest BCUT2D eigenvalue weighted by molar-refractivity contribution is 0.103. The third kappa shape index (κ3) is 3.45. The van der Waals surface area contributed by atoms with E-state index in [0.717, 1.165) is 28.5 Å². The van der Waals surface area contributed by atoms with Crippen molar-refractivity contribution < 1.29 is 13.6 Å². The van der Waals surface area contributed by atoms with E-state index in [9.17, 15) is 4.79 Å². The average molecular weight is 399 g/mol. The van der Waals surface area contributed by atoms with Crippen LogP contribution in [0.4, 0.5) is 5.13 Å². The molecule has 4 heterocycles. The Morgan fingerprint density at radius 1 is 1.07 bits per heavy atom.